The van der Waals surface area contributed by atoms with Gasteiger partial charge in [0.1, 0.15) is 6.04 Å². The molecule has 1 heterocycles. The first kappa shape index (κ1) is 15.5. The van der Waals surface area contributed by atoms with Gasteiger partial charge in [-0.15, -0.1) is 11.8 Å². The Morgan fingerprint density at radius 1 is 1.30 bits per heavy atom. The van der Waals surface area contributed by atoms with Crippen LogP contribution >= 0.6 is 11.8 Å². The fourth-order valence-corrected chi connectivity index (χ4v) is 4.25. The third kappa shape index (κ3) is 3.81. The fraction of sp³-hybridized carbons (Fsp3) is 0.857. The van der Waals surface area contributed by atoms with Crippen LogP contribution in [0, 0.1) is 5.92 Å². The smallest absolute Gasteiger partial charge is 0.327 e. The molecule has 2 fully saturated rings. The molecule has 2 N–H and O–H groups in total. The van der Waals surface area contributed by atoms with Crippen LogP contribution in [0.2, 0.25) is 0 Å². The van der Waals surface area contributed by atoms with Gasteiger partial charge in [-0.2, -0.15) is 0 Å². The number of nitrogens with one attached hydrogen (secondary N) is 1. The second-order valence-corrected chi connectivity index (χ2v) is 6.78. The number of nitrogens with zero attached hydrogens (tertiary/aromatic N) is 1. The van der Waals surface area contributed by atoms with E-state index in [-0.39, 0.29) is 12.1 Å². The number of thioether (sulfide) groups is 1. The number of rotatable bonds is 4. The van der Waals surface area contributed by atoms with Crippen LogP contribution in [-0.4, -0.2) is 45.7 Å². The average Bonchev–Trinajstić information content (AvgIpc) is 2.91. The van der Waals surface area contributed by atoms with E-state index >= 15 is 0 Å². The monoisotopic (exact) mass is 300 g/mol. The summed E-state index contributed by atoms with van der Waals surface area (Å²) in [5.41, 5.74) is 0. The molecule has 0 bridgehead atoms. The maximum absolute atomic E-state index is 12.2. The average molecular weight is 300 g/mol. The second-order valence-electron chi connectivity index (χ2n) is 5.78. The van der Waals surface area contributed by atoms with Crippen LogP contribution in [0.25, 0.3) is 0 Å². The number of amides is 2. The van der Waals surface area contributed by atoms with Crippen molar-refractivity contribution in [2.24, 2.45) is 5.92 Å². The van der Waals surface area contributed by atoms with E-state index in [0.29, 0.717) is 11.6 Å². The lowest BCUT2D eigenvalue weighted by Crippen LogP contribution is -2.50. The second kappa shape index (κ2) is 7.20. The highest BCUT2D eigenvalue weighted by Gasteiger charge is 2.35. The lowest BCUT2D eigenvalue weighted by molar-refractivity contribution is -0.140. The van der Waals surface area contributed by atoms with E-state index in [1.165, 1.54) is 42.3 Å². The molecule has 1 aliphatic carbocycles. The Morgan fingerprint density at radius 2 is 2.00 bits per heavy atom. The Balaban J connectivity index is 1.79. The molecule has 1 aliphatic heterocycles. The van der Waals surface area contributed by atoms with Crippen molar-refractivity contribution in [2.75, 3.05) is 11.6 Å². The van der Waals surface area contributed by atoms with Crippen LogP contribution in [0.15, 0.2) is 0 Å². The predicted molar refractivity (Wildman–Crippen MR) is 79.8 cm³/mol. The molecule has 1 saturated carbocycles. The van der Waals surface area contributed by atoms with Crippen molar-refractivity contribution in [2.45, 2.75) is 57.5 Å². The molecular formula is C14H24N2O3S. The van der Waals surface area contributed by atoms with Crippen LogP contribution in [0.5, 0.6) is 0 Å². The van der Waals surface area contributed by atoms with Crippen molar-refractivity contribution in [1.82, 2.24) is 10.2 Å². The summed E-state index contributed by atoms with van der Waals surface area (Å²) in [6.07, 6.45) is 6.91. The van der Waals surface area contributed by atoms with Crippen LogP contribution in [0.3, 0.4) is 0 Å². The molecule has 2 amide bonds. The number of carbonyl (C=O) groups is 2. The van der Waals surface area contributed by atoms with Crippen molar-refractivity contribution in [3.8, 4) is 0 Å². The summed E-state index contributed by atoms with van der Waals surface area (Å²) < 4.78 is 0. The number of urea groups is 1. The highest BCUT2D eigenvalue weighted by atomic mass is 32.2. The quantitative estimate of drug-likeness (QED) is 0.837. The number of hydrogen-bond acceptors (Lipinski definition) is 3. The Morgan fingerprint density at radius 3 is 2.60 bits per heavy atom. The Labute approximate surface area is 124 Å². The maximum atomic E-state index is 12.2. The third-order valence-electron chi connectivity index (χ3n) is 4.30. The van der Waals surface area contributed by atoms with Crippen LogP contribution < -0.4 is 5.32 Å². The number of carbonyl (C=O) groups excluding carboxylic acids is 1. The highest BCUT2D eigenvalue weighted by Crippen LogP contribution is 2.28. The van der Waals surface area contributed by atoms with Gasteiger partial charge in [0, 0.05) is 11.8 Å². The van der Waals surface area contributed by atoms with Gasteiger partial charge in [-0.3, -0.25) is 0 Å². The summed E-state index contributed by atoms with van der Waals surface area (Å²) in [5, 5.41) is 12.1. The van der Waals surface area contributed by atoms with Gasteiger partial charge in [-0.25, -0.2) is 9.59 Å². The van der Waals surface area contributed by atoms with Crippen LogP contribution in [0.4, 0.5) is 4.79 Å². The van der Waals surface area contributed by atoms with E-state index in [2.05, 4.69) is 12.2 Å². The first-order valence-corrected chi connectivity index (χ1v) is 8.65. The van der Waals surface area contributed by atoms with Gasteiger partial charge >= 0.3 is 12.0 Å². The predicted octanol–water partition coefficient (Wildman–Crippen LogP) is 2.51. The third-order valence-corrected chi connectivity index (χ3v) is 5.31. The SMILES string of the molecule is CCCC1CCC(NC(=O)N2CSCC2C(=O)O)CC1. The molecule has 0 aromatic rings. The number of aliphatic carboxylic acids is 1. The van der Waals surface area contributed by atoms with E-state index < -0.39 is 12.0 Å². The van der Waals surface area contributed by atoms with Gasteiger partial charge in [0.05, 0.1) is 5.88 Å². The molecule has 0 aromatic carbocycles. The Hall–Kier alpha value is -0.910. The molecule has 1 atom stereocenters. The molecule has 20 heavy (non-hydrogen) atoms. The van der Waals surface area contributed by atoms with E-state index in [0.717, 1.165) is 18.8 Å². The summed E-state index contributed by atoms with van der Waals surface area (Å²) in [4.78, 5) is 24.7. The van der Waals surface area contributed by atoms with Crippen molar-refractivity contribution >= 4 is 23.8 Å². The van der Waals surface area contributed by atoms with E-state index in [1.54, 1.807) is 0 Å². The molecule has 5 nitrogen and oxygen atoms in total. The molecular weight excluding hydrogens is 276 g/mol. The van der Waals surface area contributed by atoms with Gasteiger partial charge in [0.2, 0.25) is 0 Å². The first-order chi connectivity index (χ1) is 9.61. The Bertz CT molecular complexity index is 356. The molecule has 114 valence electrons. The maximum Gasteiger partial charge on any atom is 0.327 e. The lowest BCUT2D eigenvalue weighted by atomic mass is 9.83. The summed E-state index contributed by atoms with van der Waals surface area (Å²) in [7, 11) is 0. The number of carboxylic acid groups (broad SMARTS) is 1. The largest absolute Gasteiger partial charge is 0.480 e. The summed E-state index contributed by atoms with van der Waals surface area (Å²) in [5.74, 6) is 0.874. The van der Waals surface area contributed by atoms with Gasteiger partial charge in [-0.1, -0.05) is 19.8 Å². The Kier molecular flexibility index (Phi) is 5.57. The zero-order valence-electron chi connectivity index (χ0n) is 12.0. The van der Waals surface area contributed by atoms with Crippen molar-refractivity contribution < 1.29 is 14.7 Å². The molecule has 1 unspecified atom stereocenters. The zero-order chi connectivity index (χ0) is 14.5. The molecule has 0 spiro atoms. The lowest BCUT2D eigenvalue weighted by Gasteiger charge is -2.31. The minimum atomic E-state index is -0.906. The normalized spacial score (nSPS) is 30.2. The molecule has 1 saturated heterocycles. The zero-order valence-corrected chi connectivity index (χ0v) is 12.8. The molecule has 6 heteroatoms. The van der Waals surface area contributed by atoms with Crippen LogP contribution in [0.1, 0.15) is 45.4 Å². The van der Waals surface area contributed by atoms with Crippen molar-refractivity contribution in [1.29, 1.82) is 0 Å². The van der Waals surface area contributed by atoms with Crippen LogP contribution in [-0.2, 0) is 4.79 Å². The first-order valence-electron chi connectivity index (χ1n) is 7.49. The summed E-state index contributed by atoms with van der Waals surface area (Å²) in [6.45, 7) is 2.21. The van der Waals surface area contributed by atoms with Gasteiger partial charge in [0.25, 0.3) is 0 Å². The number of hydrogen-bond donors (Lipinski definition) is 2. The molecule has 0 radical (unpaired) electrons. The number of carboxylic acids is 1. The molecule has 2 aliphatic rings. The van der Waals surface area contributed by atoms with Gasteiger partial charge < -0.3 is 15.3 Å². The topological polar surface area (TPSA) is 69.6 Å². The molecule has 0 aromatic heterocycles. The van der Waals surface area contributed by atoms with Gasteiger partial charge in [-0.05, 0) is 31.6 Å². The minimum absolute atomic E-state index is 0.207. The summed E-state index contributed by atoms with van der Waals surface area (Å²) >= 11 is 1.50. The van der Waals surface area contributed by atoms with E-state index in [1.807, 2.05) is 0 Å². The minimum Gasteiger partial charge on any atom is -0.480 e. The summed E-state index contributed by atoms with van der Waals surface area (Å²) in [6, 6.07) is -0.659. The van der Waals surface area contributed by atoms with E-state index in [9.17, 15) is 9.59 Å². The fourth-order valence-electron chi connectivity index (χ4n) is 3.11. The van der Waals surface area contributed by atoms with Crippen molar-refractivity contribution in [3.63, 3.8) is 0 Å². The highest BCUT2D eigenvalue weighted by molar-refractivity contribution is 7.99. The molecule has 2 rings (SSSR count). The van der Waals surface area contributed by atoms with Gasteiger partial charge in [0.15, 0.2) is 0 Å². The van der Waals surface area contributed by atoms with E-state index in [4.69, 9.17) is 5.11 Å². The van der Waals surface area contributed by atoms with Crippen molar-refractivity contribution in [3.05, 3.63) is 0 Å². The standard InChI is InChI=1S/C14H24N2O3S/c1-2-3-10-4-6-11(7-5-10)15-14(19)16-9-20-8-12(16)13(17)18/h10-12H,2-9H2,1H3,(H,15,19)(H,17,18).